The summed E-state index contributed by atoms with van der Waals surface area (Å²) in [6.45, 7) is 6.18. The van der Waals surface area contributed by atoms with Gasteiger partial charge in [-0.05, 0) is 41.9 Å². The van der Waals surface area contributed by atoms with Crippen molar-refractivity contribution in [2.24, 2.45) is 0 Å². The lowest BCUT2D eigenvalue weighted by atomic mass is 10.0. The average Bonchev–Trinajstić information content (AvgIpc) is 3.00. The van der Waals surface area contributed by atoms with Crippen LogP contribution in [0.15, 0.2) is 30.8 Å². The van der Waals surface area contributed by atoms with Crippen molar-refractivity contribution in [3.63, 3.8) is 0 Å². The lowest BCUT2D eigenvalue weighted by molar-refractivity contribution is 1.13. The highest BCUT2D eigenvalue weighted by molar-refractivity contribution is 5.63. The molecule has 0 aromatic heterocycles. The van der Waals surface area contributed by atoms with Gasteiger partial charge in [-0.3, -0.25) is 0 Å². The Bertz CT molecular complexity index is 301. The van der Waals surface area contributed by atoms with Gasteiger partial charge in [-0.15, -0.1) is 0 Å². The van der Waals surface area contributed by atoms with Crippen LogP contribution in [0.3, 0.4) is 0 Å². The molecule has 0 unspecified atom stereocenters. The van der Waals surface area contributed by atoms with Gasteiger partial charge in [0.2, 0.25) is 0 Å². The number of hydrogen-bond acceptors (Lipinski definition) is 0. The number of allylic oxidation sites excluding steroid dienone is 1. The van der Waals surface area contributed by atoms with E-state index in [2.05, 4.69) is 37.8 Å². The number of benzene rings is 1. The highest BCUT2D eigenvalue weighted by Gasteiger charge is 2.22. The third-order valence-corrected chi connectivity index (χ3v) is 2.79. The zero-order valence-corrected chi connectivity index (χ0v) is 8.22. The van der Waals surface area contributed by atoms with Crippen molar-refractivity contribution < 1.29 is 0 Å². The molecule has 1 aromatic carbocycles. The molecule has 0 spiro atoms. The SMILES string of the molecule is C=C(CC)c1ccc(C2CC2)cc1. The van der Waals surface area contributed by atoms with Crippen molar-refractivity contribution in [1.29, 1.82) is 0 Å². The summed E-state index contributed by atoms with van der Waals surface area (Å²) in [5, 5.41) is 0. The number of rotatable bonds is 3. The zero-order chi connectivity index (χ0) is 9.26. The molecule has 0 amide bonds. The first-order valence-corrected chi connectivity index (χ1v) is 5.09. The quantitative estimate of drug-likeness (QED) is 0.646. The lowest BCUT2D eigenvalue weighted by Crippen LogP contribution is -1.83. The third kappa shape index (κ3) is 1.82. The molecule has 0 N–H and O–H groups in total. The molecule has 2 rings (SSSR count). The standard InChI is InChI=1S/C13H16/c1-3-10(2)11-4-6-12(7-5-11)13-8-9-13/h4-7,13H,2-3,8-9H2,1H3. The van der Waals surface area contributed by atoms with Crippen LogP contribution in [0.25, 0.3) is 5.57 Å². The summed E-state index contributed by atoms with van der Waals surface area (Å²) in [5.41, 5.74) is 4.04. The van der Waals surface area contributed by atoms with Crippen molar-refractivity contribution in [2.45, 2.75) is 32.1 Å². The van der Waals surface area contributed by atoms with Crippen LogP contribution >= 0.6 is 0 Å². The number of hydrogen-bond donors (Lipinski definition) is 0. The first kappa shape index (κ1) is 8.55. The molecular formula is C13H16. The Morgan fingerprint density at radius 1 is 1.31 bits per heavy atom. The van der Waals surface area contributed by atoms with E-state index in [1.807, 2.05) is 0 Å². The van der Waals surface area contributed by atoms with Gasteiger partial charge in [-0.25, -0.2) is 0 Å². The van der Waals surface area contributed by atoms with Crippen molar-refractivity contribution in [3.05, 3.63) is 42.0 Å². The summed E-state index contributed by atoms with van der Waals surface area (Å²) in [6, 6.07) is 8.93. The van der Waals surface area contributed by atoms with Gasteiger partial charge in [0.25, 0.3) is 0 Å². The van der Waals surface area contributed by atoms with Crippen LogP contribution in [0.5, 0.6) is 0 Å². The van der Waals surface area contributed by atoms with Crippen LogP contribution < -0.4 is 0 Å². The van der Waals surface area contributed by atoms with E-state index in [-0.39, 0.29) is 0 Å². The van der Waals surface area contributed by atoms with E-state index in [1.54, 1.807) is 0 Å². The van der Waals surface area contributed by atoms with Crippen LogP contribution in [0.1, 0.15) is 43.2 Å². The van der Waals surface area contributed by atoms with Gasteiger partial charge in [-0.2, -0.15) is 0 Å². The summed E-state index contributed by atoms with van der Waals surface area (Å²) in [4.78, 5) is 0. The molecule has 1 aromatic rings. The van der Waals surface area contributed by atoms with Crippen LogP contribution in [-0.4, -0.2) is 0 Å². The Balaban J connectivity index is 2.17. The molecule has 1 aliphatic rings. The average molecular weight is 172 g/mol. The second-order valence-corrected chi connectivity index (χ2v) is 3.85. The third-order valence-electron chi connectivity index (χ3n) is 2.79. The normalized spacial score (nSPS) is 15.8. The first-order chi connectivity index (χ1) is 6.31. The highest BCUT2D eigenvalue weighted by Crippen LogP contribution is 2.40. The van der Waals surface area contributed by atoms with E-state index in [4.69, 9.17) is 0 Å². The van der Waals surface area contributed by atoms with Gasteiger partial charge in [0.15, 0.2) is 0 Å². The molecule has 13 heavy (non-hydrogen) atoms. The van der Waals surface area contributed by atoms with Crippen LogP contribution in [0.2, 0.25) is 0 Å². The summed E-state index contributed by atoms with van der Waals surface area (Å²) in [7, 11) is 0. The van der Waals surface area contributed by atoms with E-state index >= 15 is 0 Å². The summed E-state index contributed by atoms with van der Waals surface area (Å²) >= 11 is 0. The van der Waals surface area contributed by atoms with Crippen molar-refractivity contribution in [3.8, 4) is 0 Å². The molecule has 0 heterocycles. The lowest BCUT2D eigenvalue weighted by Gasteiger charge is -2.03. The second kappa shape index (κ2) is 3.37. The Kier molecular flexibility index (Phi) is 2.22. The topological polar surface area (TPSA) is 0 Å². The van der Waals surface area contributed by atoms with Crippen molar-refractivity contribution >= 4 is 5.57 Å². The van der Waals surface area contributed by atoms with Crippen molar-refractivity contribution in [2.75, 3.05) is 0 Å². The van der Waals surface area contributed by atoms with E-state index in [0.717, 1.165) is 12.3 Å². The Morgan fingerprint density at radius 2 is 1.92 bits per heavy atom. The molecule has 1 saturated carbocycles. The molecule has 0 bridgehead atoms. The Hall–Kier alpha value is -1.04. The van der Waals surface area contributed by atoms with Gasteiger partial charge >= 0.3 is 0 Å². The molecule has 0 atom stereocenters. The minimum atomic E-state index is 0.865. The van der Waals surface area contributed by atoms with E-state index < -0.39 is 0 Å². The molecule has 0 saturated heterocycles. The van der Waals surface area contributed by atoms with E-state index in [1.165, 1.54) is 29.5 Å². The van der Waals surface area contributed by atoms with Crippen molar-refractivity contribution in [1.82, 2.24) is 0 Å². The maximum absolute atomic E-state index is 4.03. The fourth-order valence-corrected chi connectivity index (χ4v) is 1.61. The predicted octanol–water partition coefficient (Wildman–Crippen LogP) is 3.99. The highest BCUT2D eigenvalue weighted by atomic mass is 14.3. The summed E-state index contributed by atoms with van der Waals surface area (Å²) in [5.74, 6) is 0.865. The van der Waals surface area contributed by atoms with Gasteiger partial charge in [0.05, 0.1) is 0 Å². The first-order valence-electron chi connectivity index (χ1n) is 5.09. The van der Waals surface area contributed by atoms with E-state index in [9.17, 15) is 0 Å². The monoisotopic (exact) mass is 172 g/mol. The molecule has 0 radical (unpaired) electrons. The molecule has 0 heteroatoms. The maximum atomic E-state index is 4.03. The minimum Gasteiger partial charge on any atom is -0.0952 e. The van der Waals surface area contributed by atoms with Crippen LogP contribution in [0.4, 0.5) is 0 Å². The molecule has 1 aliphatic carbocycles. The summed E-state index contributed by atoms with van der Waals surface area (Å²) in [6.07, 6.45) is 3.81. The van der Waals surface area contributed by atoms with Gasteiger partial charge in [-0.1, -0.05) is 37.8 Å². The van der Waals surface area contributed by atoms with Crippen LogP contribution in [-0.2, 0) is 0 Å². The van der Waals surface area contributed by atoms with E-state index in [0.29, 0.717) is 0 Å². The Labute approximate surface area is 80.3 Å². The fourth-order valence-electron chi connectivity index (χ4n) is 1.61. The minimum absolute atomic E-state index is 0.865. The van der Waals surface area contributed by atoms with Gasteiger partial charge in [0, 0.05) is 0 Å². The predicted molar refractivity (Wildman–Crippen MR) is 57.7 cm³/mol. The maximum Gasteiger partial charge on any atom is -0.0162 e. The molecule has 1 fully saturated rings. The summed E-state index contributed by atoms with van der Waals surface area (Å²) < 4.78 is 0. The smallest absolute Gasteiger partial charge is 0.0162 e. The molecular weight excluding hydrogens is 156 g/mol. The fraction of sp³-hybridized carbons (Fsp3) is 0.385. The van der Waals surface area contributed by atoms with Gasteiger partial charge < -0.3 is 0 Å². The molecule has 0 aliphatic heterocycles. The molecule has 68 valence electrons. The molecule has 0 nitrogen and oxygen atoms in total. The van der Waals surface area contributed by atoms with Gasteiger partial charge in [0.1, 0.15) is 0 Å². The largest absolute Gasteiger partial charge is 0.0952 e. The van der Waals surface area contributed by atoms with Crippen LogP contribution in [0, 0.1) is 0 Å². The second-order valence-electron chi connectivity index (χ2n) is 3.85. The Morgan fingerprint density at radius 3 is 2.38 bits per heavy atom. The zero-order valence-electron chi connectivity index (χ0n) is 8.22.